The quantitative estimate of drug-likeness (QED) is 0.162. The Morgan fingerprint density at radius 2 is 0.926 bits per heavy atom. The Kier molecular flexibility index (Phi) is 7.85. The predicted molar refractivity (Wildman–Crippen MR) is 229 cm³/mol. The second-order valence-corrected chi connectivity index (χ2v) is 13.7. The molecule has 0 aliphatic heterocycles. The average Bonchev–Trinajstić information content (AvgIpc) is 3.60. The number of aromatic nitrogens is 1. The van der Waals surface area contributed by atoms with E-state index in [1.807, 2.05) is 0 Å². The summed E-state index contributed by atoms with van der Waals surface area (Å²) in [4.78, 5) is 2.42. The largest absolute Gasteiger partial charge is 0.310 e. The van der Waals surface area contributed by atoms with E-state index in [4.69, 9.17) is 0 Å². The average molecular weight is 689 g/mol. The van der Waals surface area contributed by atoms with E-state index in [-0.39, 0.29) is 0 Å². The van der Waals surface area contributed by atoms with Crippen molar-refractivity contribution in [3.05, 3.63) is 218 Å². The van der Waals surface area contributed by atoms with E-state index in [2.05, 4.69) is 228 Å². The number of para-hydroxylation sites is 2. The molecule has 10 rings (SSSR count). The number of rotatable bonds is 7. The van der Waals surface area contributed by atoms with Gasteiger partial charge in [0, 0.05) is 38.8 Å². The van der Waals surface area contributed by atoms with Gasteiger partial charge in [-0.15, -0.1) is 0 Å². The van der Waals surface area contributed by atoms with Gasteiger partial charge in [0.15, 0.2) is 0 Å². The Labute approximate surface area is 315 Å². The maximum atomic E-state index is 2.44. The number of anilines is 3. The van der Waals surface area contributed by atoms with Gasteiger partial charge in [0.2, 0.25) is 0 Å². The van der Waals surface area contributed by atoms with E-state index >= 15 is 0 Å². The van der Waals surface area contributed by atoms with Crippen molar-refractivity contribution in [1.29, 1.82) is 0 Å². The van der Waals surface area contributed by atoms with E-state index in [0.29, 0.717) is 0 Å². The molecule has 0 atom stereocenters. The fourth-order valence-electron chi connectivity index (χ4n) is 8.14. The smallest absolute Gasteiger partial charge is 0.0619 e. The molecule has 0 saturated heterocycles. The summed E-state index contributed by atoms with van der Waals surface area (Å²) in [6.45, 7) is 0. The van der Waals surface area contributed by atoms with Gasteiger partial charge in [0.05, 0.1) is 16.7 Å². The molecule has 0 fully saturated rings. The van der Waals surface area contributed by atoms with Crippen molar-refractivity contribution in [3.8, 4) is 39.1 Å². The lowest BCUT2D eigenvalue weighted by atomic mass is 9.97. The zero-order chi connectivity index (χ0) is 35.8. The highest BCUT2D eigenvalue weighted by molar-refractivity contribution is 6.22. The topological polar surface area (TPSA) is 8.17 Å². The molecule has 1 aromatic heterocycles. The van der Waals surface area contributed by atoms with Gasteiger partial charge in [-0.2, -0.15) is 0 Å². The molecule has 254 valence electrons. The summed E-state index contributed by atoms with van der Waals surface area (Å²) in [5, 5.41) is 4.98. The van der Waals surface area contributed by atoms with Crippen LogP contribution in [0, 0.1) is 0 Å². The Bertz CT molecular complexity index is 2930. The van der Waals surface area contributed by atoms with Crippen LogP contribution >= 0.6 is 0 Å². The molecule has 10 aromatic rings. The molecule has 0 saturated carbocycles. The fraction of sp³-hybridized carbons (Fsp3) is 0. The molecule has 0 aliphatic carbocycles. The molecule has 2 heteroatoms. The van der Waals surface area contributed by atoms with Crippen LogP contribution in [0.4, 0.5) is 17.1 Å². The molecule has 0 bridgehead atoms. The van der Waals surface area contributed by atoms with E-state index in [9.17, 15) is 0 Å². The number of hydrogen-bond acceptors (Lipinski definition) is 1. The Morgan fingerprint density at radius 3 is 1.70 bits per heavy atom. The Hall–Kier alpha value is -7.16. The molecular weight excluding hydrogens is 653 g/mol. The van der Waals surface area contributed by atoms with Crippen LogP contribution in [0.15, 0.2) is 218 Å². The summed E-state index contributed by atoms with van der Waals surface area (Å²) in [5.74, 6) is 0. The molecule has 0 N–H and O–H groups in total. The van der Waals surface area contributed by atoms with E-state index in [0.717, 1.165) is 22.7 Å². The fourth-order valence-corrected chi connectivity index (χ4v) is 8.14. The molecular formula is C52H36N2. The minimum absolute atomic E-state index is 1.09. The number of fused-ring (bicyclic) bond motifs is 5. The first-order chi connectivity index (χ1) is 26.8. The predicted octanol–water partition coefficient (Wildman–Crippen LogP) is 14.4. The van der Waals surface area contributed by atoms with Crippen LogP contribution in [0.25, 0.3) is 71.6 Å². The molecule has 0 amide bonds. The van der Waals surface area contributed by atoms with Crippen molar-refractivity contribution in [2.75, 3.05) is 4.90 Å². The second kappa shape index (κ2) is 13.4. The van der Waals surface area contributed by atoms with Crippen LogP contribution in [-0.2, 0) is 0 Å². The maximum Gasteiger partial charge on any atom is 0.0619 e. The standard InChI is InChI=1S/C52H36N2/c1-4-17-37(18-5-1)40-22-14-26-43(35-40)53(49-31-13-12-28-45(49)38-19-6-2-7-20-38)44-27-15-23-41(36-44)46-30-16-32-50-51(46)48-34-33-39-21-10-11-29-47(39)52(48)54(50)42-24-8-3-9-25-42/h1-36H. The lowest BCUT2D eigenvalue weighted by Gasteiger charge is -2.29. The normalized spacial score (nSPS) is 11.3. The van der Waals surface area contributed by atoms with Crippen molar-refractivity contribution >= 4 is 49.6 Å². The first kappa shape index (κ1) is 31.6. The Morgan fingerprint density at radius 1 is 0.352 bits per heavy atom. The highest BCUT2D eigenvalue weighted by atomic mass is 15.1. The van der Waals surface area contributed by atoms with Gasteiger partial charge in [-0.05, 0) is 81.7 Å². The minimum Gasteiger partial charge on any atom is -0.310 e. The van der Waals surface area contributed by atoms with E-state index in [1.54, 1.807) is 0 Å². The number of benzene rings is 9. The van der Waals surface area contributed by atoms with Gasteiger partial charge in [-0.25, -0.2) is 0 Å². The zero-order valence-corrected chi connectivity index (χ0v) is 29.7. The van der Waals surface area contributed by atoms with Crippen molar-refractivity contribution < 1.29 is 0 Å². The SMILES string of the molecule is c1ccc(-c2cccc(N(c3cccc(-c4cccc5c4c4ccc6ccccc6c4n5-c4ccccc4)c3)c3ccccc3-c3ccccc3)c2)cc1. The van der Waals surface area contributed by atoms with Crippen molar-refractivity contribution in [3.63, 3.8) is 0 Å². The van der Waals surface area contributed by atoms with Gasteiger partial charge in [0.1, 0.15) is 0 Å². The van der Waals surface area contributed by atoms with Gasteiger partial charge in [-0.3, -0.25) is 0 Å². The lowest BCUT2D eigenvalue weighted by Crippen LogP contribution is -2.11. The first-order valence-electron chi connectivity index (χ1n) is 18.5. The maximum absolute atomic E-state index is 2.44. The highest BCUT2D eigenvalue weighted by Crippen LogP contribution is 2.45. The number of nitrogens with zero attached hydrogens (tertiary/aromatic N) is 2. The summed E-state index contributed by atoms with van der Waals surface area (Å²) in [7, 11) is 0. The summed E-state index contributed by atoms with van der Waals surface area (Å²) in [5.41, 5.74) is 14.0. The van der Waals surface area contributed by atoms with Crippen molar-refractivity contribution in [2.45, 2.75) is 0 Å². The summed E-state index contributed by atoms with van der Waals surface area (Å²) in [6.07, 6.45) is 0. The lowest BCUT2D eigenvalue weighted by molar-refractivity contribution is 1.19. The molecule has 0 unspecified atom stereocenters. The zero-order valence-electron chi connectivity index (χ0n) is 29.7. The summed E-state index contributed by atoms with van der Waals surface area (Å²) >= 11 is 0. The third-order valence-corrected chi connectivity index (χ3v) is 10.5. The van der Waals surface area contributed by atoms with Crippen LogP contribution in [0.2, 0.25) is 0 Å². The molecule has 1 heterocycles. The van der Waals surface area contributed by atoms with Crippen LogP contribution in [-0.4, -0.2) is 4.57 Å². The van der Waals surface area contributed by atoms with Crippen molar-refractivity contribution in [2.24, 2.45) is 0 Å². The van der Waals surface area contributed by atoms with Gasteiger partial charge < -0.3 is 9.47 Å². The van der Waals surface area contributed by atoms with Gasteiger partial charge in [-0.1, -0.05) is 170 Å². The molecule has 0 spiro atoms. The molecule has 0 radical (unpaired) electrons. The van der Waals surface area contributed by atoms with Crippen LogP contribution in [0.1, 0.15) is 0 Å². The highest BCUT2D eigenvalue weighted by Gasteiger charge is 2.21. The van der Waals surface area contributed by atoms with Gasteiger partial charge >= 0.3 is 0 Å². The molecule has 9 aromatic carbocycles. The van der Waals surface area contributed by atoms with Crippen LogP contribution < -0.4 is 4.90 Å². The third kappa shape index (κ3) is 5.44. The molecule has 0 aliphatic rings. The number of hydrogen-bond donors (Lipinski definition) is 0. The second-order valence-electron chi connectivity index (χ2n) is 13.7. The molecule has 2 nitrogen and oxygen atoms in total. The minimum atomic E-state index is 1.09. The third-order valence-electron chi connectivity index (χ3n) is 10.5. The van der Waals surface area contributed by atoms with Crippen LogP contribution in [0.5, 0.6) is 0 Å². The van der Waals surface area contributed by atoms with Crippen molar-refractivity contribution in [1.82, 2.24) is 4.57 Å². The van der Waals surface area contributed by atoms with Crippen LogP contribution in [0.3, 0.4) is 0 Å². The first-order valence-corrected chi connectivity index (χ1v) is 18.5. The monoisotopic (exact) mass is 688 g/mol. The van der Waals surface area contributed by atoms with E-state index < -0.39 is 0 Å². The van der Waals surface area contributed by atoms with E-state index in [1.165, 1.54) is 66.0 Å². The molecule has 54 heavy (non-hydrogen) atoms. The summed E-state index contributed by atoms with van der Waals surface area (Å²) in [6, 6.07) is 78.8. The van der Waals surface area contributed by atoms with Gasteiger partial charge in [0.25, 0.3) is 0 Å². The summed E-state index contributed by atoms with van der Waals surface area (Å²) < 4.78 is 2.44. The Balaban J connectivity index is 1.22.